The van der Waals surface area contributed by atoms with E-state index >= 15 is 0 Å². The molecule has 1 saturated heterocycles. The molecular formula is C18H14BrN3O4. The Bertz CT molecular complexity index is 881. The fourth-order valence-corrected chi connectivity index (χ4v) is 2.66. The minimum Gasteiger partial charge on any atom is -0.468 e. The molecule has 3 amide bonds. The molecule has 1 heterocycles. The van der Waals surface area contributed by atoms with E-state index in [9.17, 15) is 14.4 Å². The molecule has 0 N–H and O–H groups in total. The van der Waals surface area contributed by atoms with Crippen molar-refractivity contribution in [1.29, 1.82) is 0 Å². The zero-order valence-electron chi connectivity index (χ0n) is 13.8. The van der Waals surface area contributed by atoms with Crippen LogP contribution in [0.15, 0.2) is 64.1 Å². The molecule has 8 heteroatoms. The Kier molecular flexibility index (Phi) is 5.13. The second-order valence-corrected chi connectivity index (χ2v) is 6.25. The van der Waals surface area contributed by atoms with Crippen molar-refractivity contribution in [3.05, 3.63) is 59.1 Å². The number of aliphatic imine (C=N–C) groups is 1. The molecule has 1 aliphatic rings. The highest BCUT2D eigenvalue weighted by Gasteiger charge is 2.44. The number of benzene rings is 2. The maximum absolute atomic E-state index is 12.8. The number of halogens is 1. The molecule has 1 fully saturated rings. The van der Waals surface area contributed by atoms with Gasteiger partial charge in [-0.1, -0.05) is 34.1 Å². The van der Waals surface area contributed by atoms with Crippen molar-refractivity contribution in [2.75, 3.05) is 18.6 Å². The predicted molar refractivity (Wildman–Crippen MR) is 99.3 cm³/mol. The van der Waals surface area contributed by atoms with Gasteiger partial charge in [0.15, 0.2) is 0 Å². The van der Waals surface area contributed by atoms with Crippen molar-refractivity contribution in [2.45, 2.75) is 0 Å². The fraction of sp³-hybridized carbons (Fsp3) is 0.111. The van der Waals surface area contributed by atoms with Crippen LogP contribution in [0.4, 0.5) is 16.2 Å². The molecule has 0 atom stereocenters. The largest absolute Gasteiger partial charge is 0.468 e. The van der Waals surface area contributed by atoms with E-state index in [1.165, 1.54) is 7.11 Å². The van der Waals surface area contributed by atoms with Crippen molar-refractivity contribution in [2.24, 2.45) is 4.99 Å². The van der Waals surface area contributed by atoms with Crippen molar-refractivity contribution in [1.82, 2.24) is 4.90 Å². The van der Waals surface area contributed by atoms with Crippen molar-refractivity contribution < 1.29 is 19.1 Å². The second kappa shape index (κ2) is 7.49. The molecule has 2 aromatic rings. The monoisotopic (exact) mass is 415 g/mol. The number of esters is 1. The lowest BCUT2D eigenvalue weighted by molar-refractivity contribution is -0.140. The van der Waals surface area contributed by atoms with Crippen molar-refractivity contribution >= 4 is 51.0 Å². The third-order valence-electron chi connectivity index (χ3n) is 3.66. The van der Waals surface area contributed by atoms with E-state index in [0.29, 0.717) is 11.4 Å². The predicted octanol–water partition coefficient (Wildman–Crippen LogP) is 3.12. The third kappa shape index (κ3) is 3.50. The van der Waals surface area contributed by atoms with E-state index in [1.54, 1.807) is 54.6 Å². The molecule has 0 spiro atoms. The summed E-state index contributed by atoms with van der Waals surface area (Å²) >= 11 is 3.32. The summed E-state index contributed by atoms with van der Waals surface area (Å²) < 4.78 is 5.48. The first-order valence-electron chi connectivity index (χ1n) is 7.63. The number of nitrogens with zero attached hydrogens (tertiary/aromatic N) is 3. The highest BCUT2D eigenvalue weighted by Crippen LogP contribution is 2.25. The zero-order chi connectivity index (χ0) is 18.7. The SMILES string of the molecule is COC(=O)CN1C(=O)N(c2ccccc2)C(=O)C1=Nc1ccc(Br)cc1. The smallest absolute Gasteiger partial charge is 0.338 e. The lowest BCUT2D eigenvalue weighted by Crippen LogP contribution is -2.37. The summed E-state index contributed by atoms with van der Waals surface area (Å²) in [4.78, 5) is 43.6. The Hall–Kier alpha value is -3.00. The fourth-order valence-electron chi connectivity index (χ4n) is 2.40. The van der Waals surface area contributed by atoms with Crippen LogP contribution in [0.25, 0.3) is 0 Å². The first-order chi connectivity index (χ1) is 12.5. The quantitative estimate of drug-likeness (QED) is 0.567. The third-order valence-corrected chi connectivity index (χ3v) is 4.19. The lowest BCUT2D eigenvalue weighted by Gasteiger charge is -2.15. The van der Waals surface area contributed by atoms with Gasteiger partial charge in [-0.05, 0) is 36.4 Å². The first kappa shape index (κ1) is 17.8. The Labute approximate surface area is 158 Å². The molecule has 26 heavy (non-hydrogen) atoms. The summed E-state index contributed by atoms with van der Waals surface area (Å²) in [5.41, 5.74) is 0.882. The van der Waals surface area contributed by atoms with Gasteiger partial charge in [-0.25, -0.2) is 14.7 Å². The van der Waals surface area contributed by atoms with Gasteiger partial charge in [0.25, 0.3) is 0 Å². The molecule has 0 aliphatic carbocycles. The highest BCUT2D eigenvalue weighted by molar-refractivity contribution is 9.10. The second-order valence-electron chi connectivity index (χ2n) is 5.33. The highest BCUT2D eigenvalue weighted by atomic mass is 79.9. The summed E-state index contributed by atoms with van der Waals surface area (Å²) in [6, 6.07) is 14.7. The normalized spacial score (nSPS) is 15.7. The van der Waals surface area contributed by atoms with Gasteiger partial charge < -0.3 is 4.74 Å². The van der Waals surface area contributed by atoms with Crippen LogP contribution in [0, 0.1) is 0 Å². The van der Waals surface area contributed by atoms with Gasteiger partial charge in [0.05, 0.1) is 18.5 Å². The molecular weight excluding hydrogens is 402 g/mol. The number of hydrogen-bond donors (Lipinski definition) is 0. The standard InChI is InChI=1S/C18H14BrN3O4/c1-26-15(23)11-21-16(20-13-9-7-12(19)8-10-13)17(24)22(18(21)25)14-5-3-2-4-6-14/h2-10H,11H2,1H3. The van der Waals surface area contributed by atoms with E-state index in [0.717, 1.165) is 14.3 Å². The van der Waals surface area contributed by atoms with Crippen LogP contribution in [0.2, 0.25) is 0 Å². The van der Waals surface area contributed by atoms with Crippen LogP contribution in [-0.4, -0.2) is 42.3 Å². The summed E-state index contributed by atoms with van der Waals surface area (Å²) in [7, 11) is 1.21. The van der Waals surface area contributed by atoms with Crippen LogP contribution in [0.5, 0.6) is 0 Å². The van der Waals surface area contributed by atoms with Gasteiger partial charge in [0, 0.05) is 4.47 Å². The molecule has 0 saturated carbocycles. The summed E-state index contributed by atoms with van der Waals surface area (Å²) in [5.74, 6) is -1.39. The van der Waals surface area contributed by atoms with Crippen LogP contribution >= 0.6 is 15.9 Å². The minimum absolute atomic E-state index is 0.133. The number of amidine groups is 1. The first-order valence-corrected chi connectivity index (χ1v) is 8.42. The molecule has 3 rings (SSSR count). The van der Waals surface area contributed by atoms with E-state index < -0.39 is 24.5 Å². The average molecular weight is 416 g/mol. The van der Waals surface area contributed by atoms with Crippen LogP contribution in [-0.2, 0) is 14.3 Å². The van der Waals surface area contributed by atoms with Gasteiger partial charge >= 0.3 is 17.9 Å². The van der Waals surface area contributed by atoms with E-state index in [1.807, 2.05) is 0 Å². The number of amides is 3. The van der Waals surface area contributed by atoms with Gasteiger partial charge in [0.1, 0.15) is 6.54 Å². The zero-order valence-corrected chi connectivity index (χ0v) is 15.3. The maximum Gasteiger partial charge on any atom is 0.338 e. The Morgan fingerprint density at radius 3 is 2.35 bits per heavy atom. The van der Waals surface area contributed by atoms with Crippen molar-refractivity contribution in [3.8, 4) is 0 Å². The van der Waals surface area contributed by atoms with Gasteiger partial charge in [-0.2, -0.15) is 0 Å². The molecule has 7 nitrogen and oxygen atoms in total. The number of carbonyl (C=O) groups is 3. The number of hydrogen-bond acceptors (Lipinski definition) is 5. The van der Waals surface area contributed by atoms with E-state index in [4.69, 9.17) is 0 Å². The van der Waals surface area contributed by atoms with E-state index in [2.05, 4.69) is 25.7 Å². The van der Waals surface area contributed by atoms with Gasteiger partial charge in [0.2, 0.25) is 5.84 Å². The van der Waals surface area contributed by atoms with Gasteiger partial charge in [-0.15, -0.1) is 0 Å². The molecule has 2 aromatic carbocycles. The molecule has 0 unspecified atom stereocenters. The lowest BCUT2D eigenvalue weighted by atomic mass is 10.3. The number of anilines is 1. The number of urea groups is 1. The average Bonchev–Trinajstić information content (AvgIpc) is 2.88. The molecule has 0 aromatic heterocycles. The van der Waals surface area contributed by atoms with Crippen molar-refractivity contribution in [3.63, 3.8) is 0 Å². The molecule has 0 bridgehead atoms. The van der Waals surface area contributed by atoms with Crippen LogP contribution < -0.4 is 4.90 Å². The summed E-state index contributed by atoms with van der Waals surface area (Å²) in [6.07, 6.45) is 0. The topological polar surface area (TPSA) is 79.3 Å². The van der Waals surface area contributed by atoms with Crippen LogP contribution in [0.3, 0.4) is 0 Å². The Morgan fingerprint density at radius 1 is 1.08 bits per heavy atom. The maximum atomic E-state index is 12.8. The number of ether oxygens (including phenoxy) is 1. The summed E-state index contributed by atoms with van der Waals surface area (Å²) in [5, 5.41) is 0. The molecule has 0 radical (unpaired) electrons. The number of rotatable bonds is 4. The number of imide groups is 1. The number of methoxy groups -OCH3 is 1. The molecule has 1 aliphatic heterocycles. The Morgan fingerprint density at radius 2 is 1.73 bits per heavy atom. The molecule has 132 valence electrons. The van der Waals surface area contributed by atoms with Crippen LogP contribution in [0.1, 0.15) is 0 Å². The van der Waals surface area contributed by atoms with Gasteiger partial charge in [-0.3, -0.25) is 14.5 Å². The van der Waals surface area contributed by atoms with E-state index in [-0.39, 0.29) is 5.84 Å². The minimum atomic E-state index is -0.650. The summed E-state index contributed by atoms with van der Waals surface area (Å²) in [6.45, 7) is -0.403. The number of para-hydroxylation sites is 1. The Balaban J connectivity index is 2.03. The number of carbonyl (C=O) groups excluding carboxylic acids is 3.